The van der Waals surface area contributed by atoms with Crippen LogP contribution in [0.2, 0.25) is 0 Å². The molecule has 78 valence electrons. The molecule has 1 aliphatic rings. The van der Waals surface area contributed by atoms with Crippen LogP contribution in [0.4, 0.5) is 4.79 Å². The van der Waals surface area contributed by atoms with Gasteiger partial charge in [0.25, 0.3) is 0 Å². The smallest absolute Gasteiger partial charge is 0.320 e. The maximum atomic E-state index is 11.8. The first-order valence-corrected chi connectivity index (χ1v) is 5.01. The zero-order valence-corrected chi connectivity index (χ0v) is 9.16. The Balaban J connectivity index is 2.64. The number of rotatable bonds is 3. The van der Waals surface area contributed by atoms with Crippen molar-refractivity contribution >= 4 is 6.03 Å². The Labute approximate surface area is 86.1 Å². The summed E-state index contributed by atoms with van der Waals surface area (Å²) in [4.78, 5) is 15.4. The quantitative estimate of drug-likeness (QED) is 0.625. The number of terminal acetylenes is 1. The van der Waals surface area contributed by atoms with Gasteiger partial charge in [-0.05, 0) is 19.8 Å². The summed E-state index contributed by atoms with van der Waals surface area (Å²) in [5, 5.41) is 0. The summed E-state index contributed by atoms with van der Waals surface area (Å²) in [7, 11) is 3.56. The molecule has 1 fully saturated rings. The highest BCUT2D eigenvalue weighted by atomic mass is 16.2. The van der Waals surface area contributed by atoms with Gasteiger partial charge in [0.15, 0.2) is 0 Å². The van der Waals surface area contributed by atoms with Gasteiger partial charge in [-0.15, -0.1) is 12.3 Å². The number of carbonyl (C=O) groups is 1. The molecular weight excluding hydrogens is 176 g/mol. The predicted molar refractivity (Wildman–Crippen MR) is 56.9 cm³/mol. The molecule has 1 atom stereocenters. The van der Waals surface area contributed by atoms with E-state index in [4.69, 9.17) is 6.42 Å². The summed E-state index contributed by atoms with van der Waals surface area (Å²) < 4.78 is 0. The molecule has 0 radical (unpaired) electrons. The highest BCUT2D eigenvalue weighted by molar-refractivity contribution is 5.75. The van der Waals surface area contributed by atoms with Crippen LogP contribution < -0.4 is 0 Å². The van der Waals surface area contributed by atoms with Crippen LogP contribution in [-0.4, -0.2) is 42.0 Å². The second kappa shape index (κ2) is 4.36. The molecule has 0 aliphatic heterocycles. The Hall–Kier alpha value is -1.17. The molecule has 0 unspecified atom stereocenters. The van der Waals surface area contributed by atoms with Crippen molar-refractivity contribution in [2.45, 2.75) is 38.3 Å². The molecule has 1 rings (SSSR count). The highest BCUT2D eigenvalue weighted by Crippen LogP contribution is 2.30. The van der Waals surface area contributed by atoms with Crippen molar-refractivity contribution in [2.75, 3.05) is 14.1 Å². The summed E-state index contributed by atoms with van der Waals surface area (Å²) in [5.74, 6) is 2.61. The maximum Gasteiger partial charge on any atom is 0.320 e. The largest absolute Gasteiger partial charge is 0.331 e. The van der Waals surface area contributed by atoms with Gasteiger partial charge in [0, 0.05) is 32.6 Å². The van der Waals surface area contributed by atoms with Gasteiger partial charge in [0.2, 0.25) is 0 Å². The lowest BCUT2D eigenvalue weighted by atomic mass is 10.2. The average molecular weight is 194 g/mol. The van der Waals surface area contributed by atoms with E-state index < -0.39 is 0 Å². The monoisotopic (exact) mass is 194 g/mol. The van der Waals surface area contributed by atoms with E-state index in [9.17, 15) is 4.79 Å². The standard InChI is InChI=1S/C11H18N2O/c1-5-6-9(2)13(10-7-8-10)11(14)12(3)4/h1,9-10H,6-8H2,2-4H3/t9-/m0/s1. The Morgan fingerprint density at radius 2 is 2.14 bits per heavy atom. The Kier molecular flexibility index (Phi) is 3.40. The minimum absolute atomic E-state index is 0.0789. The lowest BCUT2D eigenvalue weighted by molar-refractivity contribution is 0.150. The van der Waals surface area contributed by atoms with E-state index in [0.29, 0.717) is 12.5 Å². The molecule has 0 bridgehead atoms. The molecule has 14 heavy (non-hydrogen) atoms. The van der Waals surface area contributed by atoms with Gasteiger partial charge >= 0.3 is 6.03 Å². The Bertz CT molecular complexity index is 251. The van der Waals surface area contributed by atoms with Crippen molar-refractivity contribution in [2.24, 2.45) is 0 Å². The summed E-state index contributed by atoms with van der Waals surface area (Å²) in [6, 6.07) is 0.658. The van der Waals surface area contributed by atoms with E-state index in [1.165, 1.54) is 0 Å². The third-order valence-electron chi connectivity index (χ3n) is 2.43. The number of nitrogens with zero attached hydrogens (tertiary/aromatic N) is 2. The number of urea groups is 1. The van der Waals surface area contributed by atoms with Crippen molar-refractivity contribution in [1.82, 2.24) is 9.80 Å². The van der Waals surface area contributed by atoms with Crippen LogP contribution in [-0.2, 0) is 0 Å². The summed E-state index contributed by atoms with van der Waals surface area (Å²) in [6.07, 6.45) is 8.14. The molecule has 1 saturated carbocycles. The van der Waals surface area contributed by atoms with Crippen LogP contribution in [0.25, 0.3) is 0 Å². The SMILES string of the molecule is C#CC[C@H](C)N(C(=O)N(C)C)C1CC1. The second-order valence-electron chi connectivity index (χ2n) is 4.07. The first-order chi connectivity index (χ1) is 6.57. The topological polar surface area (TPSA) is 23.6 Å². The first-order valence-electron chi connectivity index (χ1n) is 5.01. The number of carbonyl (C=O) groups excluding carboxylic acids is 1. The van der Waals surface area contributed by atoms with Gasteiger partial charge < -0.3 is 9.80 Å². The molecule has 0 aromatic carbocycles. The summed E-state index contributed by atoms with van der Waals surface area (Å²) in [5.41, 5.74) is 0. The van der Waals surface area contributed by atoms with E-state index in [2.05, 4.69) is 5.92 Å². The van der Waals surface area contributed by atoms with Gasteiger partial charge in [-0.2, -0.15) is 0 Å². The summed E-state index contributed by atoms with van der Waals surface area (Å²) >= 11 is 0. The molecule has 0 spiro atoms. The fourth-order valence-corrected chi connectivity index (χ4v) is 1.56. The van der Waals surface area contributed by atoms with Crippen LogP contribution in [0.3, 0.4) is 0 Å². The molecule has 3 nitrogen and oxygen atoms in total. The first kappa shape index (κ1) is 10.9. The zero-order chi connectivity index (χ0) is 10.7. The van der Waals surface area contributed by atoms with Gasteiger partial charge in [-0.25, -0.2) is 4.79 Å². The highest BCUT2D eigenvalue weighted by Gasteiger charge is 2.36. The van der Waals surface area contributed by atoms with Crippen LogP contribution >= 0.6 is 0 Å². The summed E-state index contributed by atoms with van der Waals surface area (Å²) in [6.45, 7) is 2.01. The molecule has 0 aromatic heterocycles. The normalized spacial score (nSPS) is 17.0. The molecule has 0 aromatic rings. The fraction of sp³-hybridized carbons (Fsp3) is 0.727. The van der Waals surface area contributed by atoms with Gasteiger partial charge in [-0.1, -0.05) is 0 Å². The van der Waals surface area contributed by atoms with Gasteiger partial charge in [-0.3, -0.25) is 0 Å². The molecule has 0 saturated heterocycles. The van der Waals surface area contributed by atoms with Gasteiger partial charge in [0.05, 0.1) is 0 Å². The predicted octanol–water partition coefficient (Wildman–Crippen LogP) is 1.54. The number of hydrogen-bond acceptors (Lipinski definition) is 1. The van der Waals surface area contributed by atoms with E-state index in [1.807, 2.05) is 11.8 Å². The van der Waals surface area contributed by atoms with Crippen LogP contribution in [0.5, 0.6) is 0 Å². The maximum absolute atomic E-state index is 11.8. The van der Waals surface area contributed by atoms with Crippen molar-refractivity contribution in [3.63, 3.8) is 0 Å². The fourth-order valence-electron chi connectivity index (χ4n) is 1.56. The Morgan fingerprint density at radius 3 is 2.50 bits per heavy atom. The number of amides is 2. The van der Waals surface area contributed by atoms with Gasteiger partial charge in [0.1, 0.15) is 0 Å². The Morgan fingerprint density at radius 1 is 1.57 bits per heavy atom. The van der Waals surface area contributed by atoms with Crippen LogP contribution in [0.15, 0.2) is 0 Å². The minimum Gasteiger partial charge on any atom is -0.331 e. The van der Waals surface area contributed by atoms with Crippen molar-refractivity contribution in [3.8, 4) is 12.3 Å². The van der Waals surface area contributed by atoms with Crippen LogP contribution in [0.1, 0.15) is 26.2 Å². The molecular formula is C11H18N2O. The number of hydrogen-bond donors (Lipinski definition) is 0. The average Bonchev–Trinajstić information content (AvgIpc) is 2.89. The lowest BCUT2D eigenvalue weighted by Gasteiger charge is -2.30. The molecule has 2 amide bonds. The minimum atomic E-state index is 0.0789. The molecule has 0 N–H and O–H groups in total. The van der Waals surface area contributed by atoms with Crippen LogP contribution in [0, 0.1) is 12.3 Å². The van der Waals surface area contributed by atoms with E-state index in [1.54, 1.807) is 19.0 Å². The van der Waals surface area contributed by atoms with Crippen molar-refractivity contribution in [3.05, 3.63) is 0 Å². The third-order valence-corrected chi connectivity index (χ3v) is 2.43. The van der Waals surface area contributed by atoms with E-state index >= 15 is 0 Å². The third kappa shape index (κ3) is 2.41. The van der Waals surface area contributed by atoms with Crippen molar-refractivity contribution < 1.29 is 4.79 Å². The molecule has 1 aliphatic carbocycles. The van der Waals surface area contributed by atoms with Crippen molar-refractivity contribution in [1.29, 1.82) is 0 Å². The molecule has 3 heteroatoms. The molecule has 0 heterocycles. The lowest BCUT2D eigenvalue weighted by Crippen LogP contribution is -2.45. The van der Waals surface area contributed by atoms with E-state index in [-0.39, 0.29) is 12.1 Å². The van der Waals surface area contributed by atoms with E-state index in [0.717, 1.165) is 12.8 Å². The zero-order valence-electron chi connectivity index (χ0n) is 9.16. The second-order valence-corrected chi connectivity index (χ2v) is 4.07.